The van der Waals surface area contributed by atoms with E-state index in [1.165, 1.54) is 0 Å². The predicted molar refractivity (Wildman–Crippen MR) is 113 cm³/mol. The van der Waals surface area contributed by atoms with Gasteiger partial charge in [0.25, 0.3) is 0 Å². The largest absolute Gasteiger partial charge is 0.383 e. The van der Waals surface area contributed by atoms with E-state index in [1.54, 1.807) is 24.0 Å². The Morgan fingerprint density at radius 1 is 0.815 bits per heavy atom. The highest BCUT2D eigenvalue weighted by atomic mass is 32.2. The van der Waals surface area contributed by atoms with Gasteiger partial charge >= 0.3 is 0 Å². The number of hydrogen-bond donors (Lipinski definition) is 1. The van der Waals surface area contributed by atoms with Gasteiger partial charge < -0.3 is 5.73 Å². The summed E-state index contributed by atoms with van der Waals surface area (Å²) in [5.41, 5.74) is 9.24. The van der Waals surface area contributed by atoms with E-state index in [0.29, 0.717) is 0 Å². The van der Waals surface area contributed by atoms with E-state index in [2.05, 4.69) is 41.4 Å². The van der Waals surface area contributed by atoms with Gasteiger partial charge in [0.2, 0.25) is 6.19 Å². The molecule has 0 bridgehead atoms. The van der Waals surface area contributed by atoms with Crippen molar-refractivity contribution < 1.29 is 0 Å². The first-order chi connectivity index (χ1) is 13.3. The fourth-order valence-corrected chi connectivity index (χ4v) is 4.25. The molecule has 27 heavy (non-hydrogen) atoms. The lowest BCUT2D eigenvalue weighted by atomic mass is 9.84. The SMILES string of the molecule is N#CN=C(N)C=CSC(c1ccccc1)(c1ccccc1)c1ccccc1. The van der Waals surface area contributed by atoms with Crippen LogP contribution in [0.4, 0.5) is 0 Å². The lowest BCUT2D eigenvalue weighted by Crippen LogP contribution is -2.25. The number of amidine groups is 1. The van der Waals surface area contributed by atoms with Crippen LogP contribution in [0.2, 0.25) is 0 Å². The van der Waals surface area contributed by atoms with E-state index in [9.17, 15) is 0 Å². The monoisotopic (exact) mass is 369 g/mol. The zero-order valence-corrected chi connectivity index (χ0v) is 15.5. The summed E-state index contributed by atoms with van der Waals surface area (Å²) < 4.78 is -0.451. The van der Waals surface area contributed by atoms with Crippen LogP contribution in [0.1, 0.15) is 16.7 Å². The van der Waals surface area contributed by atoms with Gasteiger partial charge in [-0.1, -0.05) is 91.0 Å². The quantitative estimate of drug-likeness (QED) is 0.286. The first-order valence-electron chi connectivity index (χ1n) is 8.50. The van der Waals surface area contributed by atoms with Gasteiger partial charge in [0, 0.05) is 0 Å². The van der Waals surface area contributed by atoms with Crippen molar-refractivity contribution >= 4 is 17.6 Å². The van der Waals surface area contributed by atoms with Crippen LogP contribution in [0.5, 0.6) is 0 Å². The minimum absolute atomic E-state index is 0.188. The standard InChI is InChI=1S/C23H19N3S/c24-18-26-22(25)16-17-27-23(19-10-4-1-5-11-19,20-12-6-2-7-13-20)21-14-8-3-9-15-21/h1-17H,(H2,25,26). The Labute approximate surface area is 163 Å². The molecule has 0 unspecified atom stereocenters. The molecule has 0 aliphatic heterocycles. The Morgan fingerprint density at radius 2 is 1.22 bits per heavy atom. The van der Waals surface area contributed by atoms with Crippen molar-refractivity contribution in [3.8, 4) is 6.19 Å². The van der Waals surface area contributed by atoms with Gasteiger partial charge in [-0.15, -0.1) is 11.8 Å². The first kappa shape index (κ1) is 18.5. The number of rotatable bonds is 6. The predicted octanol–water partition coefficient (Wildman–Crippen LogP) is 5.06. The number of hydrogen-bond acceptors (Lipinski definition) is 3. The Hall–Kier alpha value is -3.29. The maximum Gasteiger partial charge on any atom is 0.207 e. The van der Waals surface area contributed by atoms with E-state index >= 15 is 0 Å². The van der Waals surface area contributed by atoms with Crippen molar-refractivity contribution in [3.63, 3.8) is 0 Å². The van der Waals surface area contributed by atoms with Gasteiger partial charge in [-0.05, 0) is 28.2 Å². The molecule has 0 spiro atoms. The summed E-state index contributed by atoms with van der Waals surface area (Å²) in [5, 5.41) is 10.6. The summed E-state index contributed by atoms with van der Waals surface area (Å²) in [4.78, 5) is 3.56. The van der Waals surface area contributed by atoms with Gasteiger partial charge in [0.05, 0.1) is 4.75 Å². The summed E-state index contributed by atoms with van der Waals surface area (Å²) in [7, 11) is 0. The molecule has 0 fully saturated rings. The maximum atomic E-state index is 8.67. The summed E-state index contributed by atoms with van der Waals surface area (Å²) in [6, 6.07) is 31.1. The second kappa shape index (κ2) is 8.88. The summed E-state index contributed by atoms with van der Waals surface area (Å²) in [6.45, 7) is 0. The van der Waals surface area contributed by atoms with Gasteiger partial charge in [-0.2, -0.15) is 10.3 Å². The number of thioether (sulfide) groups is 1. The molecule has 132 valence electrons. The van der Waals surface area contributed by atoms with E-state index in [4.69, 9.17) is 11.0 Å². The zero-order chi connectivity index (χ0) is 19.0. The molecule has 0 heterocycles. The normalized spacial score (nSPS) is 12.0. The van der Waals surface area contributed by atoms with Crippen LogP contribution >= 0.6 is 11.8 Å². The van der Waals surface area contributed by atoms with Crippen molar-refractivity contribution in [3.05, 3.63) is 119 Å². The third kappa shape index (κ3) is 4.11. The van der Waals surface area contributed by atoms with Crippen LogP contribution in [-0.2, 0) is 4.75 Å². The average Bonchev–Trinajstić information content (AvgIpc) is 2.73. The molecule has 0 atom stereocenters. The third-order valence-corrected chi connectivity index (χ3v) is 5.54. The Morgan fingerprint density at radius 3 is 1.59 bits per heavy atom. The second-order valence-electron chi connectivity index (χ2n) is 5.84. The molecule has 4 heteroatoms. The van der Waals surface area contributed by atoms with Crippen LogP contribution in [0.25, 0.3) is 0 Å². The highest BCUT2D eigenvalue weighted by molar-refractivity contribution is 8.03. The second-order valence-corrected chi connectivity index (χ2v) is 6.96. The van der Waals surface area contributed by atoms with Crippen LogP contribution in [0, 0.1) is 11.5 Å². The summed E-state index contributed by atoms with van der Waals surface area (Å²) in [6.07, 6.45) is 3.38. The maximum absolute atomic E-state index is 8.67. The van der Waals surface area contributed by atoms with E-state index in [-0.39, 0.29) is 5.84 Å². The molecule has 2 N–H and O–H groups in total. The van der Waals surface area contributed by atoms with Gasteiger partial charge in [-0.25, -0.2) is 0 Å². The number of nitriles is 1. The first-order valence-corrected chi connectivity index (χ1v) is 9.38. The smallest absolute Gasteiger partial charge is 0.207 e. The highest BCUT2D eigenvalue weighted by Crippen LogP contribution is 2.48. The minimum atomic E-state index is -0.451. The van der Waals surface area contributed by atoms with Crippen molar-refractivity contribution in [2.45, 2.75) is 4.75 Å². The van der Waals surface area contributed by atoms with Gasteiger partial charge in [-0.3, -0.25) is 0 Å². The van der Waals surface area contributed by atoms with E-state index in [0.717, 1.165) is 16.7 Å². The van der Waals surface area contributed by atoms with Crippen molar-refractivity contribution in [1.82, 2.24) is 0 Å². The van der Waals surface area contributed by atoms with Crippen LogP contribution in [-0.4, -0.2) is 5.84 Å². The molecule has 0 aromatic heterocycles. The molecule has 0 aliphatic rings. The van der Waals surface area contributed by atoms with Gasteiger partial charge in [0.1, 0.15) is 5.84 Å². The molecule has 3 aromatic rings. The highest BCUT2D eigenvalue weighted by Gasteiger charge is 2.36. The minimum Gasteiger partial charge on any atom is -0.383 e. The van der Waals surface area contributed by atoms with Crippen LogP contribution in [0.15, 0.2) is 107 Å². The summed E-state index contributed by atoms with van der Waals surface area (Å²) in [5.74, 6) is 0.188. The topological polar surface area (TPSA) is 62.2 Å². The molecule has 0 amide bonds. The van der Waals surface area contributed by atoms with Crippen LogP contribution < -0.4 is 5.73 Å². The number of benzene rings is 3. The van der Waals surface area contributed by atoms with E-state index in [1.807, 2.05) is 60.0 Å². The van der Waals surface area contributed by atoms with Gasteiger partial charge in [0.15, 0.2) is 0 Å². The molecule has 0 radical (unpaired) electrons. The molecular weight excluding hydrogens is 350 g/mol. The number of nitrogens with two attached hydrogens (primary N) is 1. The molecule has 3 nitrogen and oxygen atoms in total. The average molecular weight is 369 g/mol. The Balaban J connectivity index is 2.20. The lowest BCUT2D eigenvalue weighted by molar-refractivity contribution is 0.900. The molecule has 0 saturated carbocycles. The van der Waals surface area contributed by atoms with Crippen molar-refractivity contribution in [2.24, 2.45) is 10.7 Å². The number of aliphatic imine (C=N–C) groups is 1. The molecule has 0 saturated heterocycles. The fraction of sp³-hybridized carbons (Fsp3) is 0.0435. The van der Waals surface area contributed by atoms with Crippen molar-refractivity contribution in [2.75, 3.05) is 0 Å². The summed E-state index contributed by atoms with van der Waals surface area (Å²) >= 11 is 1.63. The van der Waals surface area contributed by atoms with Crippen LogP contribution in [0.3, 0.4) is 0 Å². The lowest BCUT2D eigenvalue weighted by Gasteiger charge is -2.34. The van der Waals surface area contributed by atoms with Crippen molar-refractivity contribution in [1.29, 1.82) is 5.26 Å². The third-order valence-electron chi connectivity index (χ3n) is 4.20. The molecule has 3 rings (SSSR count). The Bertz CT molecular complexity index is 862. The molecular formula is C23H19N3S. The molecule has 3 aromatic carbocycles. The fourth-order valence-electron chi connectivity index (χ4n) is 3.02. The van der Waals surface area contributed by atoms with E-state index < -0.39 is 4.75 Å². The zero-order valence-electron chi connectivity index (χ0n) is 14.7. The number of nitrogens with zero attached hydrogens (tertiary/aromatic N) is 2. The molecule has 0 aliphatic carbocycles. The Kier molecular flexibility index (Phi) is 6.09.